The van der Waals surface area contributed by atoms with Gasteiger partial charge >= 0.3 is 0 Å². The fourth-order valence-electron chi connectivity index (χ4n) is 2.96. The van der Waals surface area contributed by atoms with Crippen molar-refractivity contribution in [2.45, 2.75) is 13.5 Å². The van der Waals surface area contributed by atoms with Gasteiger partial charge in [0.25, 0.3) is 5.91 Å². The Balaban J connectivity index is 1.24. The van der Waals surface area contributed by atoms with Gasteiger partial charge in [-0.05, 0) is 19.1 Å². The molecule has 0 spiro atoms. The third-order valence-electron chi connectivity index (χ3n) is 4.55. The van der Waals surface area contributed by atoms with Crippen molar-refractivity contribution in [3.8, 4) is 17.2 Å². The predicted octanol–water partition coefficient (Wildman–Crippen LogP) is 0.830. The monoisotopic (exact) mass is 360 g/mol. The third-order valence-corrected chi connectivity index (χ3v) is 4.55. The van der Waals surface area contributed by atoms with Crippen LogP contribution in [0.1, 0.15) is 11.4 Å². The van der Waals surface area contributed by atoms with Crippen molar-refractivity contribution in [2.75, 3.05) is 39.6 Å². The highest BCUT2D eigenvalue weighted by molar-refractivity contribution is 5.78. The van der Waals surface area contributed by atoms with Crippen LogP contribution < -0.4 is 14.2 Å². The maximum atomic E-state index is 12.4. The van der Waals surface area contributed by atoms with Crippen molar-refractivity contribution in [3.63, 3.8) is 0 Å². The van der Waals surface area contributed by atoms with Gasteiger partial charge in [0.15, 0.2) is 18.1 Å². The van der Waals surface area contributed by atoms with Gasteiger partial charge in [-0.25, -0.2) is 4.63 Å². The molecule has 9 nitrogen and oxygen atoms in total. The quantitative estimate of drug-likeness (QED) is 0.774. The van der Waals surface area contributed by atoms with Gasteiger partial charge in [0, 0.05) is 38.8 Å². The van der Waals surface area contributed by atoms with Gasteiger partial charge in [0.2, 0.25) is 6.79 Å². The number of carbonyl (C=O) groups excluding carboxylic acids is 1. The van der Waals surface area contributed by atoms with Gasteiger partial charge in [-0.3, -0.25) is 9.69 Å². The molecule has 2 aromatic rings. The van der Waals surface area contributed by atoms with Gasteiger partial charge in [0.05, 0.1) is 0 Å². The molecule has 1 aromatic heterocycles. The first-order chi connectivity index (χ1) is 12.7. The van der Waals surface area contributed by atoms with E-state index in [1.54, 1.807) is 18.2 Å². The van der Waals surface area contributed by atoms with Crippen LogP contribution in [0.15, 0.2) is 22.8 Å². The van der Waals surface area contributed by atoms with Crippen LogP contribution in [0.2, 0.25) is 0 Å². The smallest absolute Gasteiger partial charge is 0.260 e. The SMILES string of the molecule is Cc1nonc1CN1CCN(C(=O)COc2ccc3c(c2)OCO3)CC1. The highest BCUT2D eigenvalue weighted by atomic mass is 16.7. The number of nitrogens with zero attached hydrogens (tertiary/aromatic N) is 4. The fourth-order valence-corrected chi connectivity index (χ4v) is 2.96. The Morgan fingerprint density at radius 2 is 1.96 bits per heavy atom. The van der Waals surface area contributed by atoms with E-state index in [9.17, 15) is 4.79 Å². The van der Waals surface area contributed by atoms with Gasteiger partial charge in [0.1, 0.15) is 17.1 Å². The molecule has 9 heteroatoms. The summed E-state index contributed by atoms with van der Waals surface area (Å²) in [4.78, 5) is 16.4. The van der Waals surface area contributed by atoms with Crippen LogP contribution >= 0.6 is 0 Å². The Hall–Kier alpha value is -2.81. The van der Waals surface area contributed by atoms with E-state index in [4.69, 9.17) is 18.8 Å². The highest BCUT2D eigenvalue weighted by Crippen LogP contribution is 2.35. The number of piperazine rings is 1. The first-order valence-corrected chi connectivity index (χ1v) is 8.49. The summed E-state index contributed by atoms with van der Waals surface area (Å²) in [6.07, 6.45) is 0. The molecule has 1 aromatic carbocycles. The highest BCUT2D eigenvalue weighted by Gasteiger charge is 2.23. The number of carbonyl (C=O) groups is 1. The number of rotatable bonds is 5. The normalized spacial score (nSPS) is 16.7. The van der Waals surface area contributed by atoms with E-state index >= 15 is 0 Å². The molecule has 0 bridgehead atoms. The Morgan fingerprint density at radius 3 is 2.73 bits per heavy atom. The van der Waals surface area contributed by atoms with E-state index in [0.717, 1.165) is 24.5 Å². The summed E-state index contributed by atoms with van der Waals surface area (Å²) in [5, 5.41) is 7.69. The van der Waals surface area contributed by atoms with Crippen molar-refractivity contribution in [2.24, 2.45) is 0 Å². The van der Waals surface area contributed by atoms with Gasteiger partial charge in [-0.2, -0.15) is 0 Å². The van der Waals surface area contributed by atoms with Crippen molar-refractivity contribution >= 4 is 5.91 Å². The lowest BCUT2D eigenvalue weighted by Crippen LogP contribution is -2.49. The van der Waals surface area contributed by atoms with E-state index < -0.39 is 0 Å². The van der Waals surface area contributed by atoms with Crippen LogP contribution in [-0.4, -0.2) is 65.6 Å². The zero-order valence-electron chi connectivity index (χ0n) is 14.5. The molecular formula is C17H20N4O5. The van der Waals surface area contributed by atoms with E-state index in [1.165, 1.54) is 0 Å². The van der Waals surface area contributed by atoms with Crippen LogP contribution in [0.3, 0.4) is 0 Å². The van der Waals surface area contributed by atoms with Crippen molar-refractivity contribution < 1.29 is 23.6 Å². The molecule has 0 aliphatic carbocycles. The lowest BCUT2D eigenvalue weighted by atomic mass is 10.2. The summed E-state index contributed by atoms with van der Waals surface area (Å²) >= 11 is 0. The summed E-state index contributed by atoms with van der Waals surface area (Å²) in [6.45, 7) is 5.66. The minimum atomic E-state index is -0.0263. The molecule has 3 heterocycles. The Labute approximate surface area is 150 Å². The number of amides is 1. The standard InChI is InChI=1S/C17H20N4O5/c1-12-14(19-26-18-12)9-20-4-6-21(7-5-20)17(22)10-23-13-2-3-15-16(8-13)25-11-24-15/h2-3,8H,4-7,9-11H2,1H3. The Bertz CT molecular complexity index is 785. The second-order valence-electron chi connectivity index (χ2n) is 6.26. The van der Waals surface area contributed by atoms with Crippen LogP contribution in [0.25, 0.3) is 0 Å². The van der Waals surface area contributed by atoms with Gasteiger partial charge in [-0.15, -0.1) is 0 Å². The van der Waals surface area contributed by atoms with Crippen molar-refractivity contribution in [1.82, 2.24) is 20.1 Å². The summed E-state index contributed by atoms with van der Waals surface area (Å²) in [7, 11) is 0. The lowest BCUT2D eigenvalue weighted by molar-refractivity contribution is -0.135. The number of hydrogen-bond donors (Lipinski definition) is 0. The maximum Gasteiger partial charge on any atom is 0.260 e. The van der Waals surface area contributed by atoms with E-state index in [0.29, 0.717) is 36.9 Å². The number of fused-ring (bicyclic) bond motifs is 1. The number of aryl methyl sites for hydroxylation is 1. The zero-order chi connectivity index (χ0) is 17.9. The van der Waals surface area contributed by atoms with Crippen LogP contribution in [0.4, 0.5) is 0 Å². The van der Waals surface area contributed by atoms with Crippen LogP contribution in [-0.2, 0) is 11.3 Å². The fraction of sp³-hybridized carbons (Fsp3) is 0.471. The van der Waals surface area contributed by atoms with E-state index in [-0.39, 0.29) is 19.3 Å². The predicted molar refractivity (Wildman–Crippen MR) is 89.0 cm³/mol. The van der Waals surface area contributed by atoms with Crippen LogP contribution in [0, 0.1) is 6.92 Å². The molecule has 0 N–H and O–H groups in total. The lowest BCUT2D eigenvalue weighted by Gasteiger charge is -2.34. The molecule has 26 heavy (non-hydrogen) atoms. The zero-order valence-corrected chi connectivity index (χ0v) is 14.5. The van der Waals surface area contributed by atoms with E-state index in [1.807, 2.05) is 11.8 Å². The van der Waals surface area contributed by atoms with E-state index in [2.05, 4.69) is 15.2 Å². The molecule has 138 valence electrons. The average molecular weight is 360 g/mol. The number of benzene rings is 1. The molecule has 4 rings (SSSR count). The molecule has 2 aliphatic rings. The summed E-state index contributed by atoms with van der Waals surface area (Å²) in [6, 6.07) is 5.29. The van der Waals surface area contributed by atoms with Gasteiger partial charge in [-0.1, -0.05) is 10.3 Å². The molecule has 1 fully saturated rings. The Kier molecular flexibility index (Phi) is 4.61. The largest absolute Gasteiger partial charge is 0.484 e. The second kappa shape index (κ2) is 7.20. The van der Waals surface area contributed by atoms with Gasteiger partial charge < -0.3 is 19.1 Å². The summed E-state index contributed by atoms with van der Waals surface area (Å²) in [5.41, 5.74) is 1.65. The third kappa shape index (κ3) is 3.57. The minimum absolute atomic E-state index is 0.00591. The molecule has 2 aliphatic heterocycles. The molecular weight excluding hydrogens is 340 g/mol. The number of hydrogen-bond acceptors (Lipinski definition) is 8. The second-order valence-corrected chi connectivity index (χ2v) is 6.26. The molecule has 0 radical (unpaired) electrons. The van der Waals surface area contributed by atoms with Crippen molar-refractivity contribution in [1.29, 1.82) is 0 Å². The maximum absolute atomic E-state index is 12.4. The number of ether oxygens (including phenoxy) is 3. The topological polar surface area (TPSA) is 90.2 Å². The first-order valence-electron chi connectivity index (χ1n) is 8.49. The first kappa shape index (κ1) is 16.6. The minimum Gasteiger partial charge on any atom is -0.484 e. The molecule has 0 atom stereocenters. The summed E-state index contributed by atoms with van der Waals surface area (Å²) in [5.74, 6) is 1.90. The molecule has 1 amide bonds. The summed E-state index contributed by atoms with van der Waals surface area (Å²) < 4.78 is 20.9. The Morgan fingerprint density at radius 1 is 1.15 bits per heavy atom. The van der Waals surface area contributed by atoms with Crippen molar-refractivity contribution in [3.05, 3.63) is 29.6 Å². The van der Waals surface area contributed by atoms with Crippen LogP contribution in [0.5, 0.6) is 17.2 Å². The molecule has 1 saturated heterocycles. The molecule has 0 unspecified atom stereocenters. The molecule has 0 saturated carbocycles. The average Bonchev–Trinajstić information content (AvgIpc) is 3.29. The number of aromatic nitrogens is 2.